The van der Waals surface area contributed by atoms with E-state index in [0.29, 0.717) is 19.1 Å². The summed E-state index contributed by atoms with van der Waals surface area (Å²) < 4.78 is 16.5. The van der Waals surface area contributed by atoms with Gasteiger partial charge in [-0.1, -0.05) is 24.3 Å². The molecule has 0 atom stereocenters. The fourth-order valence-corrected chi connectivity index (χ4v) is 2.46. The Morgan fingerprint density at radius 1 is 0.950 bits per heavy atom. The SMILES string of the molecule is C=C(C)COCCCC(CCCOCC(=C)C)CO[SiH3]. The smallest absolute Gasteiger partial charge is 0.145 e. The van der Waals surface area contributed by atoms with E-state index in [1.807, 2.05) is 13.8 Å². The van der Waals surface area contributed by atoms with Crippen LogP contribution in [0.15, 0.2) is 24.3 Å². The van der Waals surface area contributed by atoms with Gasteiger partial charge >= 0.3 is 0 Å². The van der Waals surface area contributed by atoms with Crippen molar-refractivity contribution in [2.75, 3.05) is 33.0 Å². The molecule has 118 valence electrons. The van der Waals surface area contributed by atoms with Crippen LogP contribution in [0.5, 0.6) is 0 Å². The molecule has 0 aromatic rings. The van der Waals surface area contributed by atoms with Gasteiger partial charge in [0.1, 0.15) is 10.5 Å². The Bertz CT molecular complexity index is 242. The van der Waals surface area contributed by atoms with E-state index in [-0.39, 0.29) is 0 Å². The van der Waals surface area contributed by atoms with Crippen molar-refractivity contribution >= 4 is 10.5 Å². The van der Waals surface area contributed by atoms with E-state index in [0.717, 1.165) is 54.3 Å². The first kappa shape index (κ1) is 19.6. The lowest BCUT2D eigenvalue weighted by Gasteiger charge is -2.16. The Morgan fingerprint density at radius 2 is 1.40 bits per heavy atom. The number of hydrogen-bond acceptors (Lipinski definition) is 3. The van der Waals surface area contributed by atoms with Gasteiger partial charge < -0.3 is 13.9 Å². The molecule has 0 unspecified atom stereocenters. The summed E-state index contributed by atoms with van der Waals surface area (Å²) in [4.78, 5) is 0. The number of rotatable bonds is 14. The monoisotopic (exact) mass is 300 g/mol. The van der Waals surface area contributed by atoms with E-state index in [4.69, 9.17) is 13.9 Å². The predicted octanol–water partition coefficient (Wildman–Crippen LogP) is 2.65. The lowest BCUT2D eigenvalue weighted by atomic mass is 9.99. The summed E-state index contributed by atoms with van der Waals surface area (Å²) in [7, 11) is 0.817. The van der Waals surface area contributed by atoms with Crippen molar-refractivity contribution in [3.05, 3.63) is 24.3 Å². The van der Waals surface area contributed by atoms with E-state index in [1.54, 1.807) is 0 Å². The zero-order valence-corrected chi connectivity index (χ0v) is 15.6. The zero-order chi connectivity index (χ0) is 15.2. The molecule has 0 fully saturated rings. The van der Waals surface area contributed by atoms with Crippen molar-refractivity contribution in [1.82, 2.24) is 0 Å². The Labute approximate surface area is 127 Å². The van der Waals surface area contributed by atoms with Gasteiger partial charge in [-0.2, -0.15) is 0 Å². The molecular formula is C16H32O3Si. The summed E-state index contributed by atoms with van der Waals surface area (Å²) in [6, 6.07) is 0. The molecule has 0 rings (SSSR count). The highest BCUT2D eigenvalue weighted by molar-refractivity contribution is 5.97. The van der Waals surface area contributed by atoms with Crippen LogP contribution < -0.4 is 0 Å². The van der Waals surface area contributed by atoms with Crippen LogP contribution in [-0.2, 0) is 13.9 Å². The van der Waals surface area contributed by atoms with E-state index in [2.05, 4.69) is 13.2 Å². The van der Waals surface area contributed by atoms with E-state index < -0.39 is 0 Å². The zero-order valence-electron chi connectivity index (χ0n) is 13.6. The minimum absolute atomic E-state index is 0.634. The molecule has 0 saturated carbocycles. The molecule has 20 heavy (non-hydrogen) atoms. The van der Waals surface area contributed by atoms with Gasteiger partial charge in [-0.3, -0.25) is 0 Å². The molecule has 0 N–H and O–H groups in total. The molecule has 0 saturated heterocycles. The summed E-state index contributed by atoms with van der Waals surface area (Å²) >= 11 is 0. The minimum atomic E-state index is 0.634. The molecule has 0 aromatic heterocycles. The highest BCUT2D eigenvalue weighted by Gasteiger charge is 2.08. The van der Waals surface area contributed by atoms with Gasteiger partial charge in [0.25, 0.3) is 0 Å². The van der Waals surface area contributed by atoms with Gasteiger partial charge in [-0.15, -0.1) is 0 Å². The lowest BCUT2D eigenvalue weighted by molar-refractivity contribution is 0.129. The van der Waals surface area contributed by atoms with Crippen molar-refractivity contribution < 1.29 is 13.9 Å². The second-order valence-corrected chi connectivity index (χ2v) is 6.20. The quantitative estimate of drug-likeness (QED) is 0.280. The summed E-state index contributed by atoms with van der Waals surface area (Å²) in [6.45, 7) is 15.5. The minimum Gasteiger partial charge on any atom is -0.428 e. The summed E-state index contributed by atoms with van der Waals surface area (Å²) in [5.74, 6) is 0.634. The van der Waals surface area contributed by atoms with Crippen LogP contribution in [-0.4, -0.2) is 43.5 Å². The molecule has 0 radical (unpaired) electrons. The van der Waals surface area contributed by atoms with Crippen molar-refractivity contribution in [3.63, 3.8) is 0 Å². The molecule has 0 bridgehead atoms. The van der Waals surface area contributed by atoms with Gasteiger partial charge in [0.2, 0.25) is 0 Å². The number of hydrogen-bond donors (Lipinski definition) is 0. The van der Waals surface area contributed by atoms with Crippen molar-refractivity contribution in [2.45, 2.75) is 39.5 Å². The van der Waals surface area contributed by atoms with Crippen molar-refractivity contribution in [2.24, 2.45) is 5.92 Å². The lowest BCUT2D eigenvalue weighted by Crippen LogP contribution is -2.12. The molecule has 0 heterocycles. The molecule has 0 aromatic carbocycles. The molecule has 0 amide bonds. The average molecular weight is 301 g/mol. The first-order valence-electron chi connectivity index (χ1n) is 7.49. The van der Waals surface area contributed by atoms with Gasteiger partial charge in [0.15, 0.2) is 0 Å². The van der Waals surface area contributed by atoms with E-state index in [1.165, 1.54) is 12.8 Å². The molecule has 0 aliphatic heterocycles. The van der Waals surface area contributed by atoms with Crippen LogP contribution in [0.4, 0.5) is 0 Å². The highest BCUT2D eigenvalue weighted by atomic mass is 28.2. The summed E-state index contributed by atoms with van der Waals surface area (Å²) in [5, 5.41) is 0. The maximum Gasteiger partial charge on any atom is 0.145 e. The largest absolute Gasteiger partial charge is 0.428 e. The van der Waals surface area contributed by atoms with Gasteiger partial charge in [0.05, 0.1) is 13.2 Å². The van der Waals surface area contributed by atoms with E-state index >= 15 is 0 Å². The highest BCUT2D eigenvalue weighted by Crippen LogP contribution is 2.14. The van der Waals surface area contributed by atoms with Crippen LogP contribution in [0.2, 0.25) is 0 Å². The van der Waals surface area contributed by atoms with E-state index in [9.17, 15) is 0 Å². The van der Waals surface area contributed by atoms with Crippen LogP contribution in [0.3, 0.4) is 0 Å². The first-order chi connectivity index (χ1) is 9.56. The third-order valence-electron chi connectivity index (χ3n) is 2.90. The molecule has 4 heteroatoms. The fraction of sp³-hybridized carbons (Fsp3) is 0.750. The molecule has 3 nitrogen and oxygen atoms in total. The second-order valence-electron chi connectivity index (χ2n) is 5.63. The van der Waals surface area contributed by atoms with Crippen LogP contribution in [0, 0.1) is 5.92 Å². The average Bonchev–Trinajstić information content (AvgIpc) is 2.37. The van der Waals surface area contributed by atoms with Gasteiger partial charge in [-0.05, 0) is 45.4 Å². The summed E-state index contributed by atoms with van der Waals surface area (Å²) in [5.41, 5.74) is 2.17. The van der Waals surface area contributed by atoms with Gasteiger partial charge in [0, 0.05) is 19.8 Å². The molecule has 0 aliphatic rings. The first-order valence-corrected chi connectivity index (χ1v) is 8.31. The standard InChI is InChI=1S/C16H32O3Si/c1-14(2)11-17-9-5-7-16(13-19-20)8-6-10-18-12-15(3)4/h16H,1,3,5-13H2,2,4,20H3. The molecule has 0 aliphatic carbocycles. The van der Waals surface area contributed by atoms with Crippen LogP contribution in [0.25, 0.3) is 0 Å². The van der Waals surface area contributed by atoms with Crippen LogP contribution >= 0.6 is 0 Å². The Morgan fingerprint density at radius 3 is 1.75 bits per heavy atom. The molecular weight excluding hydrogens is 268 g/mol. The van der Waals surface area contributed by atoms with Gasteiger partial charge in [-0.25, -0.2) is 0 Å². The third kappa shape index (κ3) is 14.0. The Kier molecular flexibility index (Phi) is 13.3. The number of ether oxygens (including phenoxy) is 2. The van der Waals surface area contributed by atoms with Crippen molar-refractivity contribution in [1.29, 1.82) is 0 Å². The van der Waals surface area contributed by atoms with Crippen molar-refractivity contribution in [3.8, 4) is 0 Å². The maximum absolute atomic E-state index is 5.53. The fourth-order valence-electron chi connectivity index (χ4n) is 1.99. The third-order valence-corrected chi connectivity index (χ3v) is 3.23. The predicted molar refractivity (Wildman–Crippen MR) is 89.1 cm³/mol. The topological polar surface area (TPSA) is 27.7 Å². The summed E-state index contributed by atoms with van der Waals surface area (Å²) in [6.07, 6.45) is 4.52. The Balaban J connectivity index is 3.59. The maximum atomic E-state index is 5.53. The van der Waals surface area contributed by atoms with Crippen LogP contribution in [0.1, 0.15) is 39.5 Å². The Hall–Kier alpha value is -0.423. The molecule has 0 spiro atoms. The normalized spacial score (nSPS) is 11.2. The second kappa shape index (κ2) is 13.6.